The normalized spacial score (nSPS) is 15.4. The Morgan fingerprint density at radius 1 is 1.31 bits per heavy atom. The van der Waals surface area contributed by atoms with E-state index in [-0.39, 0.29) is 0 Å². The molecule has 1 aromatic heterocycles. The Bertz CT molecular complexity index is 741. The van der Waals surface area contributed by atoms with E-state index in [0.717, 1.165) is 76.0 Å². The second kappa shape index (κ2) is 11.6. The van der Waals surface area contributed by atoms with Crippen molar-refractivity contribution >= 4 is 5.96 Å². The van der Waals surface area contributed by atoms with Gasteiger partial charge in [-0.1, -0.05) is 18.2 Å². The van der Waals surface area contributed by atoms with Crippen LogP contribution in [0.4, 0.5) is 0 Å². The Morgan fingerprint density at radius 2 is 2.10 bits per heavy atom. The number of para-hydroxylation sites is 1. The number of aliphatic imine (C=N–C) groups is 1. The second-order valence-electron chi connectivity index (χ2n) is 7.44. The maximum Gasteiger partial charge on any atom is 0.193 e. The van der Waals surface area contributed by atoms with Crippen LogP contribution in [-0.2, 0) is 16.0 Å². The van der Waals surface area contributed by atoms with Crippen LogP contribution >= 0.6 is 0 Å². The molecule has 1 N–H and O–H groups in total. The first-order valence-electron chi connectivity index (χ1n) is 10.4. The molecule has 29 heavy (non-hydrogen) atoms. The van der Waals surface area contributed by atoms with Crippen molar-refractivity contribution in [3.63, 3.8) is 0 Å². The third kappa shape index (κ3) is 6.87. The zero-order chi connectivity index (χ0) is 20.3. The van der Waals surface area contributed by atoms with Crippen LogP contribution in [0, 0.1) is 5.92 Å². The Morgan fingerprint density at radius 3 is 2.86 bits per heavy atom. The van der Waals surface area contributed by atoms with Gasteiger partial charge in [0.2, 0.25) is 0 Å². The first kappa shape index (κ1) is 21.3. The Labute approximate surface area is 173 Å². The predicted molar refractivity (Wildman–Crippen MR) is 115 cm³/mol. The highest BCUT2D eigenvalue weighted by Crippen LogP contribution is 2.14. The van der Waals surface area contributed by atoms with Crippen LogP contribution in [0.3, 0.4) is 0 Å². The van der Waals surface area contributed by atoms with Gasteiger partial charge in [-0.25, -0.2) is 4.68 Å². The molecule has 0 unspecified atom stereocenters. The maximum atomic E-state index is 5.83. The van der Waals surface area contributed by atoms with Gasteiger partial charge < -0.3 is 19.7 Å². The third-order valence-electron chi connectivity index (χ3n) is 5.09. The number of hydrogen-bond donors (Lipinski definition) is 1. The molecular weight excluding hydrogens is 366 g/mol. The zero-order valence-corrected chi connectivity index (χ0v) is 17.6. The van der Waals surface area contributed by atoms with Crippen LogP contribution in [-0.4, -0.2) is 67.7 Å². The van der Waals surface area contributed by atoms with Gasteiger partial charge in [0.25, 0.3) is 0 Å². The molecule has 1 aliphatic rings. The summed E-state index contributed by atoms with van der Waals surface area (Å²) in [6, 6.07) is 10.1. The van der Waals surface area contributed by atoms with E-state index in [2.05, 4.69) is 26.5 Å². The summed E-state index contributed by atoms with van der Waals surface area (Å²) >= 11 is 0. The number of aromatic nitrogens is 2. The largest absolute Gasteiger partial charge is 0.381 e. The lowest BCUT2D eigenvalue weighted by molar-refractivity contribution is 0.0203. The van der Waals surface area contributed by atoms with Gasteiger partial charge in [-0.15, -0.1) is 0 Å². The number of ether oxygens (including phenoxy) is 2. The molecule has 1 fully saturated rings. The fourth-order valence-electron chi connectivity index (χ4n) is 3.43. The van der Waals surface area contributed by atoms with Gasteiger partial charge >= 0.3 is 0 Å². The van der Waals surface area contributed by atoms with Crippen molar-refractivity contribution in [3.05, 3.63) is 48.3 Å². The van der Waals surface area contributed by atoms with Gasteiger partial charge in [0.1, 0.15) is 0 Å². The smallest absolute Gasteiger partial charge is 0.193 e. The molecule has 0 aliphatic carbocycles. The van der Waals surface area contributed by atoms with Gasteiger partial charge in [0.15, 0.2) is 5.96 Å². The van der Waals surface area contributed by atoms with Crippen molar-refractivity contribution in [2.24, 2.45) is 10.9 Å². The van der Waals surface area contributed by atoms with Gasteiger partial charge in [-0.3, -0.25) is 4.99 Å². The molecule has 0 saturated carbocycles. The Hall–Kier alpha value is -2.38. The lowest BCUT2D eigenvalue weighted by atomic mass is 10.0. The minimum atomic E-state index is 0.660. The van der Waals surface area contributed by atoms with E-state index in [1.807, 2.05) is 55.3 Å². The summed E-state index contributed by atoms with van der Waals surface area (Å²) in [4.78, 5) is 6.50. The lowest BCUT2D eigenvalue weighted by Crippen LogP contribution is -2.39. The SMILES string of the molecule is CN=C(NCCCOCC1CCOCC1)N(C)Cc1cnn(-c2ccccc2)c1. The van der Waals surface area contributed by atoms with Crippen LogP contribution in [0.5, 0.6) is 0 Å². The molecule has 0 atom stereocenters. The molecule has 158 valence electrons. The first-order valence-corrected chi connectivity index (χ1v) is 10.4. The van der Waals surface area contributed by atoms with E-state index in [4.69, 9.17) is 9.47 Å². The van der Waals surface area contributed by atoms with E-state index < -0.39 is 0 Å². The van der Waals surface area contributed by atoms with E-state index >= 15 is 0 Å². The molecule has 1 aliphatic heterocycles. The summed E-state index contributed by atoms with van der Waals surface area (Å²) in [5, 5.41) is 7.88. The highest BCUT2D eigenvalue weighted by Gasteiger charge is 2.13. The number of nitrogens with one attached hydrogen (secondary N) is 1. The summed E-state index contributed by atoms with van der Waals surface area (Å²) in [5.41, 5.74) is 2.20. The quantitative estimate of drug-likeness (QED) is 0.399. The molecule has 1 saturated heterocycles. The van der Waals surface area contributed by atoms with Crippen molar-refractivity contribution < 1.29 is 9.47 Å². The molecule has 2 aromatic rings. The summed E-state index contributed by atoms with van der Waals surface area (Å²) in [7, 11) is 3.85. The molecule has 0 bridgehead atoms. The fraction of sp³-hybridized carbons (Fsp3) is 0.545. The van der Waals surface area contributed by atoms with E-state index in [0.29, 0.717) is 5.92 Å². The summed E-state index contributed by atoms with van der Waals surface area (Å²) in [6.07, 6.45) is 7.17. The molecule has 0 amide bonds. The molecule has 0 spiro atoms. The average molecular weight is 400 g/mol. The molecule has 7 heteroatoms. The van der Waals surface area contributed by atoms with E-state index in [1.165, 1.54) is 0 Å². The number of nitrogens with zero attached hydrogens (tertiary/aromatic N) is 4. The van der Waals surface area contributed by atoms with Crippen molar-refractivity contribution in [2.45, 2.75) is 25.8 Å². The number of guanidine groups is 1. The van der Waals surface area contributed by atoms with Crippen molar-refractivity contribution in [1.82, 2.24) is 20.0 Å². The van der Waals surface area contributed by atoms with Gasteiger partial charge in [-0.05, 0) is 37.3 Å². The molecule has 7 nitrogen and oxygen atoms in total. The summed E-state index contributed by atoms with van der Waals surface area (Å²) in [5.74, 6) is 1.54. The van der Waals surface area contributed by atoms with Crippen molar-refractivity contribution in [2.75, 3.05) is 47.1 Å². The van der Waals surface area contributed by atoms with Gasteiger partial charge in [-0.2, -0.15) is 5.10 Å². The maximum absolute atomic E-state index is 5.83. The highest BCUT2D eigenvalue weighted by atomic mass is 16.5. The number of benzene rings is 1. The van der Waals surface area contributed by atoms with Crippen molar-refractivity contribution in [1.29, 1.82) is 0 Å². The highest BCUT2D eigenvalue weighted by molar-refractivity contribution is 5.79. The standard InChI is InChI=1S/C22H33N5O2/c1-23-22(24-11-6-12-29-18-19-9-13-28-14-10-19)26(2)16-20-15-25-27(17-20)21-7-4-3-5-8-21/h3-5,7-8,15,17,19H,6,9-14,16,18H2,1-2H3,(H,23,24). The fourth-order valence-corrected chi connectivity index (χ4v) is 3.43. The minimum Gasteiger partial charge on any atom is -0.381 e. The minimum absolute atomic E-state index is 0.660. The zero-order valence-electron chi connectivity index (χ0n) is 17.6. The van der Waals surface area contributed by atoms with E-state index in [1.54, 1.807) is 0 Å². The average Bonchev–Trinajstić information content (AvgIpc) is 3.23. The molecule has 3 rings (SSSR count). The van der Waals surface area contributed by atoms with Crippen LogP contribution < -0.4 is 5.32 Å². The van der Waals surface area contributed by atoms with Crippen LogP contribution in [0.1, 0.15) is 24.8 Å². The molecular formula is C22H33N5O2. The van der Waals surface area contributed by atoms with Crippen LogP contribution in [0.25, 0.3) is 5.69 Å². The lowest BCUT2D eigenvalue weighted by Gasteiger charge is -2.22. The molecule has 1 aromatic carbocycles. The van der Waals surface area contributed by atoms with Gasteiger partial charge in [0, 0.05) is 65.4 Å². The Balaban J connectivity index is 1.36. The second-order valence-corrected chi connectivity index (χ2v) is 7.44. The topological polar surface area (TPSA) is 63.9 Å². The van der Waals surface area contributed by atoms with Crippen LogP contribution in [0.15, 0.2) is 47.7 Å². The van der Waals surface area contributed by atoms with Crippen molar-refractivity contribution in [3.8, 4) is 5.69 Å². The number of rotatable bonds is 9. The first-order chi connectivity index (χ1) is 14.3. The predicted octanol–water partition coefficient (Wildman–Crippen LogP) is 2.71. The summed E-state index contributed by atoms with van der Waals surface area (Å²) in [6.45, 7) is 4.96. The van der Waals surface area contributed by atoms with Gasteiger partial charge in [0.05, 0.1) is 11.9 Å². The number of hydrogen-bond acceptors (Lipinski definition) is 4. The summed E-state index contributed by atoms with van der Waals surface area (Å²) < 4.78 is 13.1. The molecule has 2 heterocycles. The Kier molecular flexibility index (Phi) is 8.52. The van der Waals surface area contributed by atoms with E-state index in [9.17, 15) is 0 Å². The monoisotopic (exact) mass is 399 g/mol. The third-order valence-corrected chi connectivity index (χ3v) is 5.09. The van der Waals surface area contributed by atoms with Crippen LogP contribution in [0.2, 0.25) is 0 Å². The molecule has 0 radical (unpaired) electrons.